The van der Waals surface area contributed by atoms with Crippen LogP contribution in [-0.2, 0) is 4.74 Å². The third kappa shape index (κ3) is 4.76. The number of hydrogen-bond donors (Lipinski definition) is 1. The van der Waals surface area contributed by atoms with Crippen molar-refractivity contribution in [3.05, 3.63) is 29.1 Å². The lowest BCUT2D eigenvalue weighted by Gasteiger charge is -2.28. The van der Waals surface area contributed by atoms with Crippen molar-refractivity contribution in [1.82, 2.24) is 5.32 Å². The molecule has 0 amide bonds. The molecule has 26 heavy (non-hydrogen) atoms. The van der Waals surface area contributed by atoms with Crippen LogP contribution in [0, 0.1) is 11.7 Å². The minimum Gasteiger partial charge on any atom is -0.493 e. The van der Waals surface area contributed by atoms with E-state index >= 15 is 4.39 Å². The Morgan fingerprint density at radius 1 is 1.23 bits per heavy atom. The maximum absolute atomic E-state index is 15.1. The second kappa shape index (κ2) is 7.55. The van der Waals surface area contributed by atoms with Gasteiger partial charge in [-0.15, -0.1) is 0 Å². The third-order valence-corrected chi connectivity index (χ3v) is 4.98. The smallest absolute Gasteiger partial charge is 0.341 e. The molecule has 2 fully saturated rings. The summed E-state index contributed by atoms with van der Waals surface area (Å²) in [5.41, 5.74) is -0.100. The van der Waals surface area contributed by atoms with Gasteiger partial charge in [0.05, 0.1) is 12.2 Å². The molecule has 1 aliphatic heterocycles. The summed E-state index contributed by atoms with van der Waals surface area (Å²) in [6, 6.07) is 3.78. The topological polar surface area (TPSA) is 47.6 Å². The largest absolute Gasteiger partial charge is 0.493 e. The highest BCUT2D eigenvalue weighted by molar-refractivity contribution is 5.90. The van der Waals surface area contributed by atoms with Gasteiger partial charge in [-0.25, -0.2) is 9.18 Å². The number of esters is 1. The highest BCUT2D eigenvalue weighted by atomic mass is 19.1. The first kappa shape index (κ1) is 19.2. The number of carbonyl (C=O) groups excluding carboxylic acids is 1. The fourth-order valence-electron chi connectivity index (χ4n) is 3.35. The van der Waals surface area contributed by atoms with Crippen LogP contribution in [0.3, 0.4) is 0 Å². The first-order chi connectivity index (χ1) is 12.2. The second-order valence-electron chi connectivity index (χ2n) is 8.68. The summed E-state index contributed by atoms with van der Waals surface area (Å²) in [7, 11) is 0. The lowest BCUT2D eigenvalue weighted by atomic mass is 9.96. The zero-order valence-electron chi connectivity index (χ0n) is 16.2. The molecule has 1 aromatic carbocycles. The summed E-state index contributed by atoms with van der Waals surface area (Å²) in [6.07, 6.45) is 4.13. The third-order valence-electron chi connectivity index (χ3n) is 4.98. The van der Waals surface area contributed by atoms with E-state index in [-0.39, 0.29) is 11.5 Å². The van der Waals surface area contributed by atoms with Gasteiger partial charge in [-0.2, -0.15) is 0 Å². The molecule has 1 N–H and O–H groups in total. The minimum atomic E-state index is -0.649. The van der Waals surface area contributed by atoms with Crippen LogP contribution in [0.4, 0.5) is 4.39 Å². The van der Waals surface area contributed by atoms with Crippen LogP contribution in [0.1, 0.15) is 75.2 Å². The molecule has 5 heteroatoms. The quantitative estimate of drug-likeness (QED) is 0.787. The predicted octanol–water partition coefficient (Wildman–Crippen LogP) is 4.43. The van der Waals surface area contributed by atoms with Gasteiger partial charge in [-0.3, -0.25) is 0 Å². The number of nitrogens with one attached hydrogen (secondary N) is 1. The molecule has 0 spiro atoms. The summed E-state index contributed by atoms with van der Waals surface area (Å²) in [5, 5.41) is 3.46. The summed E-state index contributed by atoms with van der Waals surface area (Å²) >= 11 is 0. The number of ether oxygens (including phenoxy) is 2. The Kier molecular flexibility index (Phi) is 5.56. The van der Waals surface area contributed by atoms with E-state index < -0.39 is 17.4 Å². The molecule has 0 bridgehead atoms. The van der Waals surface area contributed by atoms with Gasteiger partial charge in [-0.05, 0) is 71.4 Å². The number of benzene rings is 1. The number of rotatable bonds is 5. The maximum Gasteiger partial charge on any atom is 0.341 e. The molecule has 2 aliphatic rings. The van der Waals surface area contributed by atoms with Crippen molar-refractivity contribution >= 4 is 5.97 Å². The van der Waals surface area contributed by atoms with E-state index in [4.69, 9.17) is 9.47 Å². The van der Waals surface area contributed by atoms with Crippen LogP contribution in [-0.4, -0.2) is 30.8 Å². The van der Waals surface area contributed by atoms with Crippen molar-refractivity contribution in [1.29, 1.82) is 0 Å². The van der Waals surface area contributed by atoms with Crippen molar-refractivity contribution in [3.63, 3.8) is 0 Å². The Bertz CT molecular complexity index is 656. The maximum atomic E-state index is 15.1. The van der Waals surface area contributed by atoms with Gasteiger partial charge >= 0.3 is 5.97 Å². The molecule has 4 nitrogen and oxygen atoms in total. The molecule has 1 aliphatic carbocycles. The molecule has 0 radical (unpaired) electrons. The Labute approximate surface area is 155 Å². The number of carbonyl (C=O) groups is 1. The molecule has 0 unspecified atom stereocenters. The highest BCUT2D eigenvalue weighted by Crippen LogP contribution is 2.46. The summed E-state index contributed by atoms with van der Waals surface area (Å²) in [5.74, 6) is 0.0724. The molecule has 1 saturated heterocycles. The minimum absolute atomic E-state index is 0.00216. The monoisotopic (exact) mass is 363 g/mol. The summed E-state index contributed by atoms with van der Waals surface area (Å²) in [4.78, 5) is 12.3. The fourth-order valence-corrected chi connectivity index (χ4v) is 3.35. The molecule has 1 saturated carbocycles. The van der Waals surface area contributed by atoms with Crippen LogP contribution in [0.15, 0.2) is 12.1 Å². The Morgan fingerprint density at radius 2 is 1.96 bits per heavy atom. The van der Waals surface area contributed by atoms with Crippen LogP contribution < -0.4 is 10.1 Å². The van der Waals surface area contributed by atoms with E-state index in [1.165, 1.54) is 6.07 Å². The van der Waals surface area contributed by atoms with E-state index in [9.17, 15) is 4.79 Å². The molecule has 2 atom stereocenters. The first-order valence-electron chi connectivity index (χ1n) is 9.66. The number of piperidine rings is 1. The van der Waals surface area contributed by atoms with Crippen LogP contribution in [0.25, 0.3) is 0 Å². The second-order valence-corrected chi connectivity index (χ2v) is 8.68. The van der Waals surface area contributed by atoms with E-state index in [1.54, 1.807) is 26.8 Å². The van der Waals surface area contributed by atoms with Crippen molar-refractivity contribution in [2.24, 2.45) is 5.92 Å². The van der Waals surface area contributed by atoms with Gasteiger partial charge in [0.15, 0.2) is 0 Å². The summed E-state index contributed by atoms with van der Waals surface area (Å²) in [6.45, 7) is 9.03. The fraction of sp³-hybridized carbons (Fsp3) is 0.667. The molecule has 144 valence electrons. The Morgan fingerprint density at radius 3 is 2.54 bits per heavy atom. The van der Waals surface area contributed by atoms with Gasteiger partial charge < -0.3 is 14.8 Å². The predicted molar refractivity (Wildman–Crippen MR) is 99.2 cm³/mol. The van der Waals surface area contributed by atoms with E-state index in [2.05, 4.69) is 12.2 Å². The average molecular weight is 363 g/mol. The van der Waals surface area contributed by atoms with E-state index in [0.29, 0.717) is 29.9 Å². The van der Waals surface area contributed by atoms with E-state index in [1.807, 2.05) is 0 Å². The number of hydrogen-bond acceptors (Lipinski definition) is 4. The Hall–Kier alpha value is -1.62. The molecule has 1 heterocycles. The van der Waals surface area contributed by atoms with Crippen LogP contribution >= 0.6 is 0 Å². The van der Waals surface area contributed by atoms with Gasteiger partial charge in [0, 0.05) is 24.1 Å². The number of halogens is 1. The van der Waals surface area contributed by atoms with E-state index in [0.717, 1.165) is 32.2 Å². The first-order valence-corrected chi connectivity index (χ1v) is 9.66. The highest BCUT2D eigenvalue weighted by Gasteiger charge is 2.33. The normalized spacial score (nSPS) is 23.6. The molecule has 0 aromatic heterocycles. The molecule has 1 aromatic rings. The van der Waals surface area contributed by atoms with Gasteiger partial charge in [-0.1, -0.05) is 0 Å². The Balaban J connectivity index is 1.74. The van der Waals surface area contributed by atoms with Crippen molar-refractivity contribution in [2.75, 3.05) is 13.2 Å². The van der Waals surface area contributed by atoms with Crippen LogP contribution in [0.2, 0.25) is 0 Å². The van der Waals surface area contributed by atoms with Crippen LogP contribution in [0.5, 0.6) is 5.75 Å². The molecule has 3 rings (SSSR count). The van der Waals surface area contributed by atoms with Crippen molar-refractivity contribution in [3.8, 4) is 5.75 Å². The lowest BCUT2D eigenvalue weighted by Crippen LogP contribution is -2.39. The van der Waals surface area contributed by atoms with Crippen molar-refractivity contribution in [2.45, 2.75) is 70.9 Å². The zero-order valence-corrected chi connectivity index (χ0v) is 16.2. The zero-order chi connectivity index (χ0) is 18.9. The van der Waals surface area contributed by atoms with Gasteiger partial charge in [0.1, 0.15) is 17.2 Å². The SMILES string of the molecule is C[C@@H]1CC[C@@H](COc2ccc(C(=O)OC(C)(C)C)c(F)c2C2CC2)CN1. The lowest BCUT2D eigenvalue weighted by molar-refractivity contribution is 0.00644. The van der Waals surface area contributed by atoms with Gasteiger partial charge in [0.25, 0.3) is 0 Å². The van der Waals surface area contributed by atoms with Crippen molar-refractivity contribution < 1.29 is 18.7 Å². The average Bonchev–Trinajstić information content (AvgIpc) is 3.37. The molecular weight excluding hydrogens is 333 g/mol. The summed E-state index contributed by atoms with van der Waals surface area (Å²) < 4.78 is 26.4. The van der Waals surface area contributed by atoms with Gasteiger partial charge in [0.2, 0.25) is 0 Å². The standard InChI is InChI=1S/C21H30FNO3/c1-13-5-6-14(11-23-13)12-25-17-10-9-16(20(24)26-21(2,3)4)19(22)18(17)15-7-8-15/h9-10,13-15,23H,5-8,11-12H2,1-4H3/t13-,14-/m1/s1. The molecular formula is C21H30FNO3.